The topological polar surface area (TPSA) is 110 Å². The number of aryl methyl sites for hydroxylation is 2. The summed E-state index contributed by atoms with van der Waals surface area (Å²) in [7, 11) is 0. The van der Waals surface area contributed by atoms with Gasteiger partial charge in [0.25, 0.3) is 5.91 Å². The molecule has 1 amide bonds. The monoisotopic (exact) mass is 477 g/mol. The Morgan fingerprint density at radius 1 is 1.26 bits per heavy atom. The van der Waals surface area contributed by atoms with Gasteiger partial charge in [-0.25, -0.2) is 4.21 Å². The number of nitrogens with two attached hydrogens (primary N) is 1. The Balaban J connectivity index is 1.33. The molecule has 1 fully saturated rings. The van der Waals surface area contributed by atoms with Crippen LogP contribution in [0.4, 0.5) is 5.69 Å². The van der Waals surface area contributed by atoms with E-state index in [9.17, 15) is 9.00 Å². The predicted molar refractivity (Wildman–Crippen MR) is 134 cm³/mol. The molecule has 34 heavy (non-hydrogen) atoms. The highest BCUT2D eigenvalue weighted by Gasteiger charge is 2.27. The molecular weight excluding hydrogens is 450 g/mol. The summed E-state index contributed by atoms with van der Waals surface area (Å²) in [6, 6.07) is 13.4. The van der Waals surface area contributed by atoms with E-state index in [1.807, 2.05) is 55.1 Å². The smallest absolute Gasteiger partial charge is 0.254 e. The van der Waals surface area contributed by atoms with Crippen LogP contribution < -0.4 is 15.2 Å². The number of amidine groups is 1. The molecule has 2 atom stereocenters. The lowest BCUT2D eigenvalue weighted by Gasteiger charge is -2.33. The van der Waals surface area contributed by atoms with Crippen LogP contribution in [0.1, 0.15) is 40.0 Å². The van der Waals surface area contributed by atoms with Crippen molar-refractivity contribution in [1.82, 2.24) is 9.88 Å². The van der Waals surface area contributed by atoms with Crippen LogP contribution in [0, 0.1) is 19.8 Å². The average molecular weight is 478 g/mol. The van der Waals surface area contributed by atoms with E-state index in [1.54, 1.807) is 6.07 Å². The maximum atomic E-state index is 13.6. The van der Waals surface area contributed by atoms with E-state index < -0.39 is 11.2 Å². The molecule has 0 aliphatic carbocycles. The minimum atomic E-state index is -1.58. The molecule has 5 rings (SSSR count). The summed E-state index contributed by atoms with van der Waals surface area (Å²) in [5.74, 6) is 1.01. The van der Waals surface area contributed by atoms with Crippen LogP contribution in [0.15, 0.2) is 46.9 Å². The maximum Gasteiger partial charge on any atom is 0.254 e. The van der Waals surface area contributed by atoms with Gasteiger partial charge in [-0.05, 0) is 57.0 Å². The molecule has 3 aromatic rings. The molecule has 176 valence electrons. The summed E-state index contributed by atoms with van der Waals surface area (Å²) in [4.78, 5) is 20.1. The second kappa shape index (κ2) is 9.06. The Morgan fingerprint density at radius 3 is 2.97 bits per heavy atom. The summed E-state index contributed by atoms with van der Waals surface area (Å²) in [5, 5.41) is 0.893. The Hall–Kier alpha value is -3.46. The second-order valence-corrected chi connectivity index (χ2v) is 9.79. The molecule has 3 heterocycles. The molecule has 3 N–H and O–H groups in total. The number of aromatic nitrogens is 1. The number of carbonyl (C=O) groups excluding carboxylic acids is 1. The van der Waals surface area contributed by atoms with Crippen molar-refractivity contribution in [2.75, 3.05) is 24.4 Å². The summed E-state index contributed by atoms with van der Waals surface area (Å²) in [6.07, 6.45) is 1.89. The molecule has 0 saturated carbocycles. The molecule has 0 bridgehead atoms. The van der Waals surface area contributed by atoms with Gasteiger partial charge >= 0.3 is 0 Å². The van der Waals surface area contributed by atoms with Crippen LogP contribution in [-0.4, -0.2) is 45.5 Å². The third-order valence-electron chi connectivity index (χ3n) is 6.26. The Bertz CT molecular complexity index is 1340. The quantitative estimate of drug-likeness (QED) is 0.598. The molecule has 1 aromatic heterocycles. The SMILES string of the molecule is Cc1ccc2nc(C)cc(C(=O)N3CCCC(COc4cccc5c4C(N)=NS(=O)N5)C3)c2c1. The van der Waals surface area contributed by atoms with Crippen molar-refractivity contribution in [3.8, 4) is 5.75 Å². The number of piperidine rings is 1. The normalized spacial score (nSPS) is 19.8. The molecular formula is C25H27N5O3S. The van der Waals surface area contributed by atoms with Crippen LogP contribution in [-0.2, 0) is 11.2 Å². The van der Waals surface area contributed by atoms with E-state index in [0.717, 1.165) is 41.5 Å². The maximum absolute atomic E-state index is 13.6. The summed E-state index contributed by atoms with van der Waals surface area (Å²) in [5.41, 5.74) is 10.8. The van der Waals surface area contributed by atoms with Gasteiger partial charge in [-0.3, -0.25) is 14.5 Å². The van der Waals surface area contributed by atoms with Gasteiger partial charge in [0.15, 0.2) is 0 Å². The minimum absolute atomic E-state index is 0.0333. The van der Waals surface area contributed by atoms with Gasteiger partial charge in [0.2, 0.25) is 11.2 Å². The first kappa shape index (κ1) is 22.3. The number of ether oxygens (including phenoxy) is 1. The summed E-state index contributed by atoms with van der Waals surface area (Å²) < 4.78 is 24.6. The molecule has 2 aliphatic rings. The highest BCUT2D eigenvalue weighted by atomic mass is 32.2. The number of nitrogens with zero attached hydrogens (tertiary/aromatic N) is 3. The number of amides is 1. The van der Waals surface area contributed by atoms with Crippen LogP contribution in [0.3, 0.4) is 0 Å². The Morgan fingerprint density at radius 2 is 2.12 bits per heavy atom. The van der Waals surface area contributed by atoms with Crippen molar-refractivity contribution >= 4 is 39.5 Å². The van der Waals surface area contributed by atoms with Gasteiger partial charge in [-0.2, -0.15) is 4.40 Å². The number of hydrogen-bond donors (Lipinski definition) is 2. The number of hydrogen-bond acceptors (Lipinski definition) is 5. The van der Waals surface area contributed by atoms with Gasteiger partial charge in [0.1, 0.15) is 11.6 Å². The van der Waals surface area contributed by atoms with E-state index in [0.29, 0.717) is 35.7 Å². The van der Waals surface area contributed by atoms with Crippen LogP contribution in [0.2, 0.25) is 0 Å². The number of anilines is 1. The number of pyridine rings is 1. The van der Waals surface area contributed by atoms with Crippen molar-refractivity contribution in [3.05, 3.63) is 64.8 Å². The van der Waals surface area contributed by atoms with E-state index in [4.69, 9.17) is 10.5 Å². The fraction of sp³-hybridized carbons (Fsp3) is 0.320. The molecule has 2 unspecified atom stereocenters. The number of likely N-dealkylation sites (tertiary alicyclic amines) is 1. The molecule has 8 nitrogen and oxygen atoms in total. The fourth-order valence-corrected chi connectivity index (χ4v) is 5.34. The van der Waals surface area contributed by atoms with E-state index in [1.165, 1.54) is 0 Å². The number of fused-ring (bicyclic) bond motifs is 2. The lowest BCUT2D eigenvalue weighted by atomic mass is 9.97. The summed E-state index contributed by atoms with van der Waals surface area (Å²) in [6.45, 7) is 5.73. The first-order chi connectivity index (χ1) is 16.4. The van der Waals surface area contributed by atoms with Crippen molar-refractivity contribution < 1.29 is 13.7 Å². The third-order valence-corrected chi connectivity index (χ3v) is 7.02. The van der Waals surface area contributed by atoms with E-state index >= 15 is 0 Å². The highest BCUT2D eigenvalue weighted by Crippen LogP contribution is 2.31. The molecule has 1 saturated heterocycles. The average Bonchev–Trinajstić information content (AvgIpc) is 2.82. The zero-order valence-corrected chi connectivity index (χ0v) is 20.0. The van der Waals surface area contributed by atoms with Crippen molar-refractivity contribution in [3.63, 3.8) is 0 Å². The molecule has 0 spiro atoms. The lowest BCUT2D eigenvalue weighted by molar-refractivity contribution is 0.0635. The van der Waals surface area contributed by atoms with Gasteiger partial charge in [-0.15, -0.1) is 0 Å². The van der Waals surface area contributed by atoms with E-state index in [2.05, 4.69) is 14.1 Å². The standard InChI is InChI=1S/C25H27N5O3S/c1-15-8-9-20-18(11-15)19(12-16(2)27-20)25(31)30-10-4-5-17(13-30)14-33-22-7-3-6-21-23(22)24(26)29-34(32)28-21/h3,6-9,11-12,17,28H,4-5,10,13-14H2,1-2H3,(H2,26,29). The minimum Gasteiger partial charge on any atom is -0.492 e. The van der Waals surface area contributed by atoms with Gasteiger partial charge < -0.3 is 15.4 Å². The van der Waals surface area contributed by atoms with Gasteiger partial charge in [-0.1, -0.05) is 17.7 Å². The first-order valence-electron chi connectivity index (χ1n) is 11.3. The zero-order chi connectivity index (χ0) is 23.8. The number of rotatable bonds is 4. The van der Waals surface area contributed by atoms with Crippen molar-refractivity contribution in [1.29, 1.82) is 0 Å². The van der Waals surface area contributed by atoms with Crippen LogP contribution >= 0.6 is 0 Å². The second-order valence-electron chi connectivity index (χ2n) is 8.91. The van der Waals surface area contributed by atoms with Gasteiger partial charge in [0, 0.05) is 30.1 Å². The van der Waals surface area contributed by atoms with Gasteiger partial charge in [0.05, 0.1) is 28.9 Å². The molecule has 2 aliphatic heterocycles. The van der Waals surface area contributed by atoms with Crippen LogP contribution in [0.5, 0.6) is 5.75 Å². The highest BCUT2D eigenvalue weighted by molar-refractivity contribution is 7.85. The number of benzene rings is 2. The van der Waals surface area contributed by atoms with Crippen molar-refractivity contribution in [2.24, 2.45) is 16.0 Å². The lowest BCUT2D eigenvalue weighted by Crippen LogP contribution is -2.41. The van der Waals surface area contributed by atoms with Crippen LogP contribution in [0.25, 0.3) is 10.9 Å². The molecule has 9 heteroatoms. The number of carbonyl (C=O) groups is 1. The first-order valence-corrected chi connectivity index (χ1v) is 12.5. The number of nitrogens with one attached hydrogen (secondary N) is 1. The molecule has 2 aromatic carbocycles. The fourth-order valence-electron chi connectivity index (χ4n) is 4.67. The van der Waals surface area contributed by atoms with Crippen molar-refractivity contribution in [2.45, 2.75) is 26.7 Å². The zero-order valence-electron chi connectivity index (χ0n) is 19.2. The third kappa shape index (κ3) is 4.35. The Labute approximate surface area is 200 Å². The largest absolute Gasteiger partial charge is 0.492 e. The Kier molecular flexibility index (Phi) is 5.95. The summed E-state index contributed by atoms with van der Waals surface area (Å²) >= 11 is -1.58. The molecule has 0 radical (unpaired) electrons. The van der Waals surface area contributed by atoms with E-state index in [-0.39, 0.29) is 17.7 Å². The predicted octanol–water partition coefficient (Wildman–Crippen LogP) is 3.49.